The van der Waals surface area contributed by atoms with Gasteiger partial charge in [0.2, 0.25) is 0 Å². The molecule has 2 aromatic heterocycles. The number of benzene rings is 3. The maximum absolute atomic E-state index is 6.44. The lowest BCUT2D eigenvalue weighted by Gasteiger charge is -2.02. The fraction of sp³-hybridized carbons (Fsp3) is 0. The number of furan rings is 2. The number of fused-ring (bicyclic) bond motifs is 6. The molecule has 0 saturated heterocycles. The van der Waals surface area contributed by atoms with E-state index in [1.807, 2.05) is 42.5 Å². The maximum Gasteiger partial charge on any atom is 0.161 e. The molecule has 0 atom stereocenters. The van der Waals surface area contributed by atoms with Crippen molar-refractivity contribution in [2.75, 3.05) is 11.5 Å². The lowest BCUT2D eigenvalue weighted by atomic mass is 10.0. The van der Waals surface area contributed by atoms with E-state index in [0.29, 0.717) is 22.5 Å². The van der Waals surface area contributed by atoms with Crippen LogP contribution < -0.4 is 11.5 Å². The average molecular weight is 414 g/mol. The molecule has 4 nitrogen and oxygen atoms in total. The third kappa shape index (κ3) is 1.60. The van der Waals surface area contributed by atoms with Gasteiger partial charge in [0.15, 0.2) is 11.2 Å². The molecule has 0 aliphatic carbocycles. The van der Waals surface area contributed by atoms with E-state index < -0.39 is 0 Å². The van der Waals surface area contributed by atoms with Gasteiger partial charge in [0.25, 0.3) is 0 Å². The predicted octanol–water partition coefficient (Wildman–Crippen LogP) is 5.25. The van der Waals surface area contributed by atoms with Crippen LogP contribution in [0.15, 0.2) is 51.3 Å². The largest absolute Gasteiger partial charge is 0.454 e. The number of rotatable bonds is 0. The van der Waals surface area contributed by atoms with Crippen molar-refractivity contribution in [2.45, 2.75) is 0 Å². The second-order valence-electron chi connectivity index (χ2n) is 5.58. The standard InChI is InChI=1S/C18H11IN2O2/c19-8-5-6-12-10(7-8)14-16(21)17-13(15(20)18(14)23-12)9-3-1-2-4-11(9)22-17/h1-7H,20-21H2. The predicted molar refractivity (Wildman–Crippen MR) is 103 cm³/mol. The van der Waals surface area contributed by atoms with E-state index in [9.17, 15) is 0 Å². The number of halogens is 1. The van der Waals surface area contributed by atoms with Crippen molar-refractivity contribution in [1.29, 1.82) is 0 Å². The van der Waals surface area contributed by atoms with Gasteiger partial charge in [0, 0.05) is 14.3 Å². The molecule has 0 bridgehead atoms. The zero-order valence-electron chi connectivity index (χ0n) is 11.9. The van der Waals surface area contributed by atoms with Crippen molar-refractivity contribution >= 4 is 77.8 Å². The summed E-state index contributed by atoms with van der Waals surface area (Å²) in [6.07, 6.45) is 0. The van der Waals surface area contributed by atoms with E-state index >= 15 is 0 Å². The Morgan fingerprint density at radius 1 is 0.739 bits per heavy atom. The summed E-state index contributed by atoms with van der Waals surface area (Å²) >= 11 is 2.27. The fourth-order valence-corrected chi connectivity index (χ4v) is 3.75. The minimum Gasteiger partial charge on any atom is -0.454 e. The number of nitrogens with two attached hydrogens (primary N) is 2. The van der Waals surface area contributed by atoms with Crippen molar-refractivity contribution in [3.05, 3.63) is 46.0 Å². The molecule has 2 heterocycles. The smallest absolute Gasteiger partial charge is 0.161 e. The van der Waals surface area contributed by atoms with Gasteiger partial charge in [-0.15, -0.1) is 0 Å². The topological polar surface area (TPSA) is 78.3 Å². The van der Waals surface area contributed by atoms with Gasteiger partial charge >= 0.3 is 0 Å². The van der Waals surface area contributed by atoms with Crippen LogP contribution in [-0.2, 0) is 0 Å². The summed E-state index contributed by atoms with van der Waals surface area (Å²) in [5, 5.41) is 3.55. The molecule has 0 unspecified atom stereocenters. The summed E-state index contributed by atoms with van der Waals surface area (Å²) in [5.41, 5.74) is 16.8. The van der Waals surface area contributed by atoms with Crippen molar-refractivity contribution in [1.82, 2.24) is 0 Å². The molecule has 0 spiro atoms. The summed E-state index contributed by atoms with van der Waals surface area (Å²) in [6.45, 7) is 0. The Bertz CT molecular complexity index is 1250. The highest BCUT2D eigenvalue weighted by atomic mass is 127. The molecule has 0 fully saturated rings. The van der Waals surface area contributed by atoms with E-state index in [0.717, 1.165) is 36.3 Å². The summed E-state index contributed by atoms with van der Waals surface area (Å²) in [6, 6.07) is 13.8. The molecule has 0 aliphatic rings. The minimum atomic E-state index is 0.570. The van der Waals surface area contributed by atoms with E-state index in [2.05, 4.69) is 22.6 Å². The average Bonchev–Trinajstić information content (AvgIpc) is 3.11. The highest BCUT2D eigenvalue weighted by Gasteiger charge is 2.21. The molecule has 0 amide bonds. The summed E-state index contributed by atoms with van der Waals surface area (Å²) in [5.74, 6) is 0. The Labute approximate surface area is 144 Å². The first-order valence-corrected chi connectivity index (χ1v) is 8.23. The van der Waals surface area contributed by atoms with Gasteiger partial charge in [-0.25, -0.2) is 0 Å². The Balaban J connectivity index is 2.12. The first-order valence-electron chi connectivity index (χ1n) is 7.15. The van der Waals surface area contributed by atoms with Gasteiger partial charge in [0.1, 0.15) is 11.2 Å². The van der Waals surface area contributed by atoms with Crippen molar-refractivity contribution in [3.63, 3.8) is 0 Å². The van der Waals surface area contributed by atoms with Crippen LogP contribution in [0, 0.1) is 3.57 Å². The molecule has 5 aromatic rings. The highest BCUT2D eigenvalue weighted by molar-refractivity contribution is 14.1. The van der Waals surface area contributed by atoms with Gasteiger partial charge in [-0.2, -0.15) is 0 Å². The van der Waals surface area contributed by atoms with Crippen LogP contribution in [0.25, 0.3) is 43.9 Å². The zero-order valence-corrected chi connectivity index (χ0v) is 14.0. The van der Waals surface area contributed by atoms with Crippen molar-refractivity contribution in [3.8, 4) is 0 Å². The SMILES string of the molecule is Nc1c2oc3ccc(I)cc3c2c(N)c2oc3ccccc3c12. The number of para-hydroxylation sites is 1. The van der Waals surface area contributed by atoms with Crippen LogP contribution in [0.1, 0.15) is 0 Å². The summed E-state index contributed by atoms with van der Waals surface area (Å²) in [7, 11) is 0. The summed E-state index contributed by atoms with van der Waals surface area (Å²) in [4.78, 5) is 0. The molecule has 0 aliphatic heterocycles. The van der Waals surface area contributed by atoms with E-state index in [4.69, 9.17) is 20.3 Å². The van der Waals surface area contributed by atoms with Crippen LogP contribution in [-0.4, -0.2) is 0 Å². The van der Waals surface area contributed by atoms with Gasteiger partial charge in [-0.1, -0.05) is 18.2 Å². The third-order valence-electron chi connectivity index (χ3n) is 4.27. The summed E-state index contributed by atoms with van der Waals surface area (Å²) < 4.78 is 13.1. The molecule has 23 heavy (non-hydrogen) atoms. The van der Waals surface area contributed by atoms with Gasteiger partial charge in [-0.3, -0.25) is 0 Å². The molecular weight excluding hydrogens is 403 g/mol. The molecule has 0 radical (unpaired) electrons. The maximum atomic E-state index is 6.44. The molecule has 5 heteroatoms. The molecule has 5 rings (SSSR count). The van der Waals surface area contributed by atoms with Gasteiger partial charge in [-0.05, 0) is 46.9 Å². The quantitative estimate of drug-likeness (QED) is 0.206. The Kier molecular flexibility index (Phi) is 2.45. The van der Waals surface area contributed by atoms with Gasteiger partial charge < -0.3 is 20.3 Å². The second-order valence-corrected chi connectivity index (χ2v) is 6.82. The molecule has 0 saturated carbocycles. The number of hydrogen-bond acceptors (Lipinski definition) is 4. The Morgan fingerprint density at radius 2 is 1.35 bits per heavy atom. The Hall–Kier alpha value is -2.41. The lowest BCUT2D eigenvalue weighted by Crippen LogP contribution is -1.92. The Morgan fingerprint density at radius 3 is 2.09 bits per heavy atom. The number of hydrogen-bond donors (Lipinski definition) is 2. The number of anilines is 2. The molecular formula is C18H11IN2O2. The van der Waals surface area contributed by atoms with Crippen molar-refractivity contribution < 1.29 is 8.83 Å². The fourth-order valence-electron chi connectivity index (χ4n) is 3.26. The van der Waals surface area contributed by atoms with E-state index in [1.54, 1.807) is 0 Å². The van der Waals surface area contributed by atoms with Crippen LogP contribution in [0.3, 0.4) is 0 Å². The molecule has 112 valence electrons. The lowest BCUT2D eigenvalue weighted by molar-refractivity contribution is 0.666. The van der Waals surface area contributed by atoms with E-state index in [-0.39, 0.29) is 0 Å². The first kappa shape index (κ1) is 13.1. The van der Waals surface area contributed by atoms with E-state index in [1.165, 1.54) is 0 Å². The van der Waals surface area contributed by atoms with Crippen LogP contribution >= 0.6 is 22.6 Å². The van der Waals surface area contributed by atoms with Crippen LogP contribution in [0.4, 0.5) is 11.4 Å². The molecule has 3 aromatic carbocycles. The zero-order chi connectivity index (χ0) is 15.7. The normalized spacial score (nSPS) is 12.0. The van der Waals surface area contributed by atoms with Crippen LogP contribution in [0.2, 0.25) is 0 Å². The monoisotopic (exact) mass is 414 g/mol. The molecule has 4 N–H and O–H groups in total. The van der Waals surface area contributed by atoms with Crippen LogP contribution in [0.5, 0.6) is 0 Å². The van der Waals surface area contributed by atoms with Crippen molar-refractivity contribution in [2.24, 2.45) is 0 Å². The number of nitrogen functional groups attached to an aromatic ring is 2. The first-order chi connectivity index (χ1) is 11.1. The van der Waals surface area contributed by atoms with Gasteiger partial charge in [0.05, 0.1) is 22.1 Å². The highest BCUT2D eigenvalue weighted by Crippen LogP contribution is 2.45. The third-order valence-corrected chi connectivity index (χ3v) is 4.94. The minimum absolute atomic E-state index is 0.570. The second kappa shape index (κ2) is 4.32.